The summed E-state index contributed by atoms with van der Waals surface area (Å²) in [6, 6.07) is 9.98. The Morgan fingerprint density at radius 3 is 2.79 bits per heavy atom. The second-order valence-electron chi connectivity index (χ2n) is 7.72. The lowest BCUT2D eigenvalue weighted by atomic mass is 9.90. The highest BCUT2D eigenvalue weighted by atomic mass is 31.2. The van der Waals surface area contributed by atoms with Crippen LogP contribution in [0.4, 0.5) is 0 Å². The van der Waals surface area contributed by atoms with Gasteiger partial charge in [0.25, 0.3) is 0 Å². The van der Waals surface area contributed by atoms with Crippen LogP contribution in [0.1, 0.15) is 57.6 Å². The van der Waals surface area contributed by atoms with E-state index in [4.69, 9.17) is 4.52 Å². The number of allylic oxidation sites excluding steroid dienone is 1. The van der Waals surface area contributed by atoms with E-state index in [-0.39, 0.29) is 24.0 Å². The Labute approximate surface area is 169 Å². The summed E-state index contributed by atoms with van der Waals surface area (Å²) in [5.41, 5.74) is 1.05. The highest BCUT2D eigenvalue weighted by Crippen LogP contribution is 2.66. The predicted octanol–water partition coefficient (Wildman–Crippen LogP) is 4.50. The molecule has 0 radical (unpaired) electrons. The lowest BCUT2D eigenvalue weighted by Crippen LogP contribution is -2.28. The Hall–Kier alpha value is -1.50. The average Bonchev–Trinajstić information content (AvgIpc) is 3.16. The molecule has 1 unspecified atom stereocenters. The van der Waals surface area contributed by atoms with Crippen molar-refractivity contribution in [1.82, 2.24) is 4.67 Å². The van der Waals surface area contributed by atoms with Gasteiger partial charge in [0.2, 0.25) is 7.87 Å². The van der Waals surface area contributed by atoms with Crippen LogP contribution >= 0.6 is 7.87 Å². The van der Waals surface area contributed by atoms with Crippen LogP contribution in [0.2, 0.25) is 0 Å². The van der Waals surface area contributed by atoms with Crippen molar-refractivity contribution in [3.8, 4) is 11.8 Å². The summed E-state index contributed by atoms with van der Waals surface area (Å²) in [4.78, 5) is 25.6. The molecule has 1 aromatic rings. The van der Waals surface area contributed by atoms with Crippen LogP contribution in [0, 0.1) is 23.7 Å². The number of benzene rings is 1. The molecular weight excluding hydrogens is 369 g/mol. The Balaban J connectivity index is 1.65. The maximum Gasteiger partial charge on any atom is 0.201 e. The molecule has 1 saturated carbocycles. The maximum absolute atomic E-state index is 13.4. The van der Waals surface area contributed by atoms with Crippen LogP contribution in [0.15, 0.2) is 42.2 Å². The first-order valence-electron chi connectivity index (χ1n) is 10.2. The molecule has 1 aliphatic heterocycles. The smallest absolute Gasteiger partial charge is 0.201 e. The van der Waals surface area contributed by atoms with Crippen LogP contribution in [0.5, 0.6) is 0 Å². The normalized spacial score (nSPS) is 33.4. The second-order valence-corrected chi connectivity index (χ2v) is 9.99. The minimum absolute atomic E-state index is 0.0165. The minimum atomic E-state index is -3.02. The Kier molecular flexibility index (Phi) is 7.07. The molecule has 0 aromatic heterocycles. The monoisotopic (exact) mass is 399 g/mol. The van der Waals surface area contributed by atoms with Gasteiger partial charge in [0.15, 0.2) is 0 Å². The zero-order valence-electron chi connectivity index (χ0n) is 17.0. The highest BCUT2D eigenvalue weighted by molar-refractivity contribution is 7.65. The first-order valence-corrected chi connectivity index (χ1v) is 11.8. The Bertz CT molecular complexity index is 769. The second kappa shape index (κ2) is 9.33. The van der Waals surface area contributed by atoms with Gasteiger partial charge in [0.05, 0.1) is 11.9 Å². The fourth-order valence-electron chi connectivity index (χ4n) is 4.11. The quantitative estimate of drug-likeness (QED) is 0.540. The average molecular weight is 399 g/mol. The summed E-state index contributed by atoms with van der Waals surface area (Å²) >= 11 is 0. The number of rotatable bonds is 5. The van der Waals surface area contributed by atoms with Gasteiger partial charge in [0.1, 0.15) is 11.9 Å². The summed E-state index contributed by atoms with van der Waals surface area (Å²) < 4.78 is 7.91. The van der Waals surface area contributed by atoms with Crippen LogP contribution < -0.4 is 4.89 Å². The zero-order valence-corrected chi connectivity index (χ0v) is 17.9. The van der Waals surface area contributed by atoms with E-state index in [0.29, 0.717) is 18.6 Å². The summed E-state index contributed by atoms with van der Waals surface area (Å²) in [7, 11) is -1.15. The van der Waals surface area contributed by atoms with E-state index in [2.05, 4.69) is 11.8 Å². The van der Waals surface area contributed by atoms with Crippen molar-refractivity contribution in [1.29, 1.82) is 0 Å². The van der Waals surface area contributed by atoms with Gasteiger partial charge < -0.3 is 4.89 Å². The molecule has 4 nitrogen and oxygen atoms in total. The molecular formula is C23H30NO3P. The highest BCUT2D eigenvalue weighted by Gasteiger charge is 2.49. The van der Waals surface area contributed by atoms with Crippen molar-refractivity contribution in [2.75, 3.05) is 7.05 Å². The molecule has 1 aliphatic carbocycles. The van der Waals surface area contributed by atoms with Gasteiger partial charge in [-0.1, -0.05) is 37.3 Å². The van der Waals surface area contributed by atoms with Crippen molar-refractivity contribution in [3.05, 3.63) is 47.8 Å². The molecule has 2 aliphatic rings. The van der Waals surface area contributed by atoms with E-state index < -0.39 is 7.87 Å². The third kappa shape index (κ3) is 4.56. The molecule has 5 heteroatoms. The number of nitrogens with zero attached hydrogens (tertiary/aromatic N) is 1. The fourth-order valence-corrected chi connectivity index (χ4v) is 6.18. The lowest BCUT2D eigenvalue weighted by Gasteiger charge is -2.26. The molecule has 0 amide bonds. The SMILES string of the molecule is CCC#CC[C@@H]1C(=O)CC[C@H]1C/C=C/[P+]1([O-])O[C@H](c2ccccc2)[C@H](C)N1C. The minimum Gasteiger partial charge on any atom is -0.637 e. The molecule has 5 atom stereocenters. The van der Waals surface area contributed by atoms with Crippen molar-refractivity contribution < 1.29 is 14.2 Å². The topological polar surface area (TPSA) is 52.6 Å². The zero-order chi connectivity index (χ0) is 20.1. The third-order valence-electron chi connectivity index (χ3n) is 5.96. The summed E-state index contributed by atoms with van der Waals surface area (Å²) in [5.74, 6) is 8.56. The predicted molar refractivity (Wildman–Crippen MR) is 112 cm³/mol. The summed E-state index contributed by atoms with van der Waals surface area (Å²) in [5, 5.41) is 0. The van der Waals surface area contributed by atoms with Gasteiger partial charge in [-0.15, -0.1) is 11.8 Å². The van der Waals surface area contributed by atoms with Gasteiger partial charge in [-0.25, -0.2) is 4.52 Å². The van der Waals surface area contributed by atoms with Gasteiger partial charge >= 0.3 is 0 Å². The van der Waals surface area contributed by atoms with Crippen molar-refractivity contribution >= 4 is 13.7 Å². The van der Waals surface area contributed by atoms with Crippen molar-refractivity contribution in [2.24, 2.45) is 11.8 Å². The number of carbonyl (C=O) groups is 1. The van der Waals surface area contributed by atoms with E-state index in [9.17, 15) is 9.69 Å². The molecule has 0 bridgehead atoms. The van der Waals surface area contributed by atoms with Crippen molar-refractivity contribution in [2.45, 2.75) is 58.1 Å². The lowest BCUT2D eigenvalue weighted by molar-refractivity contribution is -0.196. The van der Waals surface area contributed by atoms with E-state index in [1.54, 1.807) is 5.82 Å². The number of likely N-dealkylation sites (N-methyl/N-ethyl adjacent to an activating group) is 1. The van der Waals surface area contributed by atoms with E-state index in [1.165, 1.54) is 0 Å². The number of hydrogen-bond donors (Lipinski definition) is 0. The van der Waals surface area contributed by atoms with Gasteiger partial charge in [-0.3, -0.25) is 4.79 Å². The van der Waals surface area contributed by atoms with Crippen LogP contribution in [0.3, 0.4) is 0 Å². The first kappa shape index (κ1) is 21.2. The molecule has 1 aromatic carbocycles. The molecule has 3 rings (SSSR count). The van der Waals surface area contributed by atoms with E-state index in [0.717, 1.165) is 24.8 Å². The van der Waals surface area contributed by atoms with Gasteiger partial charge in [0, 0.05) is 32.2 Å². The van der Waals surface area contributed by atoms with Crippen molar-refractivity contribution in [3.63, 3.8) is 0 Å². The number of ketones is 1. The van der Waals surface area contributed by atoms with Gasteiger partial charge in [-0.05, 0) is 37.3 Å². The molecule has 1 saturated heterocycles. The number of carbonyl (C=O) groups excluding carboxylic acids is 1. The Morgan fingerprint density at radius 1 is 1.32 bits per heavy atom. The summed E-state index contributed by atoms with van der Waals surface area (Å²) in [6.45, 7) is 4.06. The molecule has 28 heavy (non-hydrogen) atoms. The number of hydrogen-bond acceptors (Lipinski definition) is 4. The standard InChI is InChI=1S/C23H30NO3P/c1-4-5-7-14-21-19(15-16-22(21)25)13-10-17-28(26)24(3)18(2)23(27-28)20-11-8-6-9-12-20/h6,8-12,17-19,21,23H,4,13-16H2,1-3H3/b17-10+/t18-,19+,21-,23-,28?/m0/s1. The number of Topliss-reactive ketones (excluding diaryl/α,β-unsaturated/α-hetero) is 1. The first-order chi connectivity index (χ1) is 13.5. The Morgan fingerprint density at radius 2 is 2.07 bits per heavy atom. The molecule has 0 spiro atoms. The molecule has 2 fully saturated rings. The third-order valence-corrected chi connectivity index (χ3v) is 8.32. The molecule has 0 N–H and O–H groups in total. The molecule has 1 heterocycles. The largest absolute Gasteiger partial charge is 0.637 e. The van der Waals surface area contributed by atoms with Gasteiger partial charge in [-0.2, -0.15) is 4.67 Å². The van der Waals surface area contributed by atoms with E-state index >= 15 is 0 Å². The van der Waals surface area contributed by atoms with E-state index in [1.807, 2.05) is 62.0 Å². The molecule has 150 valence electrons. The van der Waals surface area contributed by atoms with Crippen LogP contribution in [0.25, 0.3) is 0 Å². The van der Waals surface area contributed by atoms with Crippen LogP contribution in [-0.4, -0.2) is 23.5 Å². The maximum atomic E-state index is 13.4. The van der Waals surface area contributed by atoms with Crippen LogP contribution in [-0.2, 0) is 9.32 Å². The fraction of sp³-hybridized carbons (Fsp3) is 0.522. The summed E-state index contributed by atoms with van der Waals surface area (Å²) in [6.07, 6.45) is 5.50.